The molecule has 0 saturated heterocycles. The number of fused-ring (bicyclic) bond motifs is 1. The number of halogens is 2. The SMILES string of the molecule is N#CC1=C(N)n2c(s/c(=C\c3ccccc3F)c2=O)=C(C(N)=O)[C@H]1c1ccccc1F. The van der Waals surface area contributed by atoms with Crippen LogP contribution in [0.2, 0.25) is 0 Å². The second kappa shape index (κ2) is 7.66. The number of hydrogen-bond acceptors (Lipinski definition) is 5. The lowest BCUT2D eigenvalue weighted by Crippen LogP contribution is -2.41. The zero-order valence-electron chi connectivity index (χ0n) is 15.8. The van der Waals surface area contributed by atoms with Gasteiger partial charge >= 0.3 is 0 Å². The third kappa shape index (κ3) is 3.23. The molecule has 6 nitrogen and oxygen atoms in total. The van der Waals surface area contributed by atoms with Crippen LogP contribution in [0.4, 0.5) is 8.78 Å². The molecule has 2 heterocycles. The van der Waals surface area contributed by atoms with E-state index in [2.05, 4.69) is 0 Å². The minimum Gasteiger partial charge on any atom is -0.384 e. The van der Waals surface area contributed by atoms with E-state index in [9.17, 15) is 23.6 Å². The Morgan fingerprint density at radius 2 is 1.77 bits per heavy atom. The molecule has 4 N–H and O–H groups in total. The number of rotatable bonds is 3. The highest BCUT2D eigenvalue weighted by molar-refractivity contribution is 7.07. The minimum atomic E-state index is -1.18. The van der Waals surface area contributed by atoms with E-state index in [1.165, 1.54) is 42.5 Å². The second-order valence-corrected chi connectivity index (χ2v) is 7.75. The zero-order valence-corrected chi connectivity index (χ0v) is 16.6. The maximum Gasteiger partial charge on any atom is 0.274 e. The zero-order chi connectivity index (χ0) is 22.3. The average Bonchev–Trinajstić information content (AvgIpc) is 3.05. The number of aromatic nitrogens is 1. The summed E-state index contributed by atoms with van der Waals surface area (Å²) in [6, 6.07) is 13.4. The normalized spacial score (nSPS) is 16.2. The molecule has 3 aromatic rings. The van der Waals surface area contributed by atoms with Crippen LogP contribution in [0.3, 0.4) is 0 Å². The first-order valence-corrected chi connectivity index (χ1v) is 9.83. The second-order valence-electron chi connectivity index (χ2n) is 6.72. The molecule has 31 heavy (non-hydrogen) atoms. The van der Waals surface area contributed by atoms with Gasteiger partial charge in [-0.15, -0.1) is 11.3 Å². The van der Waals surface area contributed by atoms with Gasteiger partial charge in [-0.2, -0.15) is 5.26 Å². The Balaban J connectivity index is 2.13. The molecular weight excluding hydrogens is 422 g/mol. The number of primary amides is 1. The van der Waals surface area contributed by atoms with Crippen LogP contribution in [0, 0.1) is 23.0 Å². The summed E-state index contributed by atoms with van der Waals surface area (Å²) in [5, 5.41) is 9.73. The number of nitriles is 1. The van der Waals surface area contributed by atoms with Crippen molar-refractivity contribution in [3.8, 4) is 6.07 Å². The number of thiazole rings is 1. The number of amides is 1. The molecule has 154 valence electrons. The maximum absolute atomic E-state index is 14.6. The summed E-state index contributed by atoms with van der Waals surface area (Å²) >= 11 is 0.867. The van der Waals surface area contributed by atoms with Gasteiger partial charge in [-0.3, -0.25) is 14.2 Å². The van der Waals surface area contributed by atoms with E-state index in [4.69, 9.17) is 11.5 Å². The largest absolute Gasteiger partial charge is 0.384 e. The molecule has 0 aliphatic carbocycles. The minimum absolute atomic E-state index is 0.0301. The first-order chi connectivity index (χ1) is 14.8. The molecular formula is C22H14F2N4O2S. The summed E-state index contributed by atoms with van der Waals surface area (Å²) in [7, 11) is 0. The van der Waals surface area contributed by atoms with E-state index in [-0.39, 0.29) is 37.3 Å². The van der Waals surface area contributed by atoms with E-state index in [1.807, 2.05) is 6.07 Å². The quantitative estimate of drug-likeness (QED) is 0.640. The van der Waals surface area contributed by atoms with E-state index in [1.54, 1.807) is 12.1 Å². The van der Waals surface area contributed by atoms with Gasteiger partial charge in [-0.05, 0) is 18.2 Å². The molecule has 9 heteroatoms. The van der Waals surface area contributed by atoms with E-state index in [0.29, 0.717) is 0 Å². The monoisotopic (exact) mass is 436 g/mol. The molecule has 1 atom stereocenters. The van der Waals surface area contributed by atoms with Gasteiger partial charge in [0.1, 0.15) is 22.1 Å². The van der Waals surface area contributed by atoms with Crippen molar-refractivity contribution in [2.75, 3.05) is 0 Å². The van der Waals surface area contributed by atoms with E-state index in [0.717, 1.165) is 15.9 Å². The summed E-state index contributed by atoms with van der Waals surface area (Å²) < 4.78 is 29.8. The number of carbonyl (C=O) groups is 1. The Bertz CT molecular complexity index is 1490. The van der Waals surface area contributed by atoms with Crippen molar-refractivity contribution in [3.63, 3.8) is 0 Å². The molecule has 0 saturated carbocycles. The van der Waals surface area contributed by atoms with Crippen molar-refractivity contribution in [1.82, 2.24) is 4.57 Å². The topological polar surface area (TPSA) is 115 Å². The van der Waals surface area contributed by atoms with Gasteiger partial charge in [0.05, 0.1) is 27.7 Å². The molecule has 4 rings (SSSR count). The Morgan fingerprint density at radius 1 is 1.13 bits per heavy atom. The van der Waals surface area contributed by atoms with Crippen molar-refractivity contribution >= 4 is 34.7 Å². The third-order valence-corrected chi connectivity index (χ3v) is 6.05. The van der Waals surface area contributed by atoms with Crippen molar-refractivity contribution in [1.29, 1.82) is 5.26 Å². The molecule has 1 aliphatic rings. The number of hydrogen-bond donors (Lipinski definition) is 2. The molecule has 0 spiro atoms. The molecule has 1 aromatic heterocycles. The number of nitrogens with two attached hydrogens (primary N) is 2. The first kappa shape index (κ1) is 20.3. The van der Waals surface area contributed by atoms with Crippen LogP contribution in [0.25, 0.3) is 17.5 Å². The van der Waals surface area contributed by atoms with Gasteiger partial charge in [-0.25, -0.2) is 8.78 Å². The Kier molecular flexibility index (Phi) is 5.01. The number of allylic oxidation sites excluding steroid dienone is 1. The Morgan fingerprint density at radius 3 is 2.39 bits per heavy atom. The lowest BCUT2D eigenvalue weighted by atomic mass is 9.83. The van der Waals surface area contributed by atoms with Crippen molar-refractivity contribution in [2.24, 2.45) is 11.5 Å². The lowest BCUT2D eigenvalue weighted by Gasteiger charge is -2.24. The number of benzene rings is 2. The van der Waals surface area contributed by atoms with Crippen LogP contribution in [0.5, 0.6) is 0 Å². The Hall–Kier alpha value is -4.03. The predicted molar refractivity (Wildman–Crippen MR) is 113 cm³/mol. The van der Waals surface area contributed by atoms with Gasteiger partial charge in [0.25, 0.3) is 5.56 Å². The molecule has 0 bridgehead atoms. The van der Waals surface area contributed by atoms with Gasteiger partial charge in [-0.1, -0.05) is 36.4 Å². The van der Waals surface area contributed by atoms with Crippen LogP contribution in [0.15, 0.2) is 58.9 Å². The summed E-state index contributed by atoms with van der Waals surface area (Å²) in [6.07, 6.45) is 1.32. The summed E-state index contributed by atoms with van der Waals surface area (Å²) in [5.74, 6) is -3.53. The van der Waals surface area contributed by atoms with E-state index >= 15 is 0 Å². The highest BCUT2D eigenvalue weighted by Crippen LogP contribution is 2.36. The maximum atomic E-state index is 14.6. The van der Waals surface area contributed by atoms with Crippen molar-refractivity contribution in [2.45, 2.75) is 5.92 Å². The van der Waals surface area contributed by atoms with Crippen LogP contribution in [0.1, 0.15) is 17.0 Å². The molecule has 0 unspecified atom stereocenters. The van der Waals surface area contributed by atoms with Crippen LogP contribution in [-0.2, 0) is 4.79 Å². The fraction of sp³-hybridized carbons (Fsp3) is 0.0455. The number of nitrogens with zero attached hydrogens (tertiary/aromatic N) is 2. The summed E-state index contributed by atoms with van der Waals surface area (Å²) in [6.45, 7) is 0. The van der Waals surface area contributed by atoms with Gasteiger partial charge < -0.3 is 11.5 Å². The predicted octanol–water partition coefficient (Wildman–Crippen LogP) is 1.10. The third-order valence-electron chi connectivity index (χ3n) is 4.94. The van der Waals surface area contributed by atoms with Crippen LogP contribution in [-0.4, -0.2) is 10.5 Å². The fourth-order valence-corrected chi connectivity index (χ4v) is 4.71. The summed E-state index contributed by atoms with van der Waals surface area (Å²) in [4.78, 5) is 25.5. The van der Waals surface area contributed by atoms with Gasteiger partial charge in [0.15, 0.2) is 0 Å². The van der Waals surface area contributed by atoms with Gasteiger partial charge in [0, 0.05) is 11.1 Å². The highest BCUT2D eigenvalue weighted by Gasteiger charge is 2.35. The molecule has 0 fully saturated rings. The fourth-order valence-electron chi connectivity index (χ4n) is 3.54. The Labute approximate surface area is 178 Å². The first-order valence-electron chi connectivity index (χ1n) is 9.01. The molecule has 0 radical (unpaired) electrons. The lowest BCUT2D eigenvalue weighted by molar-refractivity contribution is -0.113. The van der Waals surface area contributed by atoms with Crippen molar-refractivity contribution < 1.29 is 13.6 Å². The molecule has 1 amide bonds. The van der Waals surface area contributed by atoms with Gasteiger partial charge in [0.2, 0.25) is 5.91 Å². The molecule has 2 aromatic carbocycles. The molecule has 1 aliphatic heterocycles. The van der Waals surface area contributed by atoms with Crippen LogP contribution < -0.4 is 26.2 Å². The summed E-state index contributed by atoms with van der Waals surface area (Å²) in [5.41, 5.74) is 11.0. The van der Waals surface area contributed by atoms with Crippen LogP contribution >= 0.6 is 11.3 Å². The highest BCUT2D eigenvalue weighted by atomic mass is 32.1. The van der Waals surface area contributed by atoms with E-state index < -0.39 is 29.0 Å². The van der Waals surface area contributed by atoms with Crippen molar-refractivity contribution in [3.05, 3.63) is 96.4 Å². The average molecular weight is 436 g/mol. The smallest absolute Gasteiger partial charge is 0.274 e. The number of carbonyl (C=O) groups excluding carboxylic acids is 1. The standard InChI is InChI=1S/C22H14F2N4O2S/c23-14-7-3-1-5-11(14)9-16-21(30)28-19(26)13(10-25)17(12-6-2-4-8-15(12)24)18(20(27)29)22(28)31-16/h1-9,17H,26H2,(H2,27,29)/b16-9-/t17-/m0/s1.